The Hall–Kier alpha value is -0.530. The Bertz CT molecular complexity index is 500. The Morgan fingerprint density at radius 1 is 1.39 bits per heavy atom. The van der Waals surface area contributed by atoms with Gasteiger partial charge in [0.25, 0.3) is 0 Å². The van der Waals surface area contributed by atoms with Gasteiger partial charge in [0.05, 0.1) is 17.8 Å². The van der Waals surface area contributed by atoms with Gasteiger partial charge in [0, 0.05) is 50.7 Å². The number of aliphatic hydroxyl groups is 1. The van der Waals surface area contributed by atoms with E-state index >= 15 is 0 Å². The molecule has 3 rings (SSSR count). The number of rotatable bonds is 6. The lowest BCUT2D eigenvalue weighted by Gasteiger charge is -2.42. The molecule has 130 valence electrons. The number of methoxy groups -OCH3 is 1. The number of aryl methyl sites for hydroxylation is 1. The maximum absolute atomic E-state index is 9.86. The Kier molecular flexibility index (Phi) is 5.69. The molecule has 0 saturated carbocycles. The van der Waals surface area contributed by atoms with Crippen molar-refractivity contribution in [2.45, 2.75) is 26.3 Å². The third-order valence-corrected chi connectivity index (χ3v) is 6.70. The minimum Gasteiger partial charge on any atom is -0.396 e. The standard InChI is InChI=1S/C17H29N3O2S/c1-14-16(23-13-18-14)10-19-5-3-17(4-6-19)12-20(7-8-22-2)9-15(17)11-21/h13,15,21H,3-12H2,1-2H3. The number of aliphatic hydroxyl groups excluding tert-OH is 1. The van der Waals surface area contributed by atoms with Crippen LogP contribution in [0.2, 0.25) is 0 Å². The summed E-state index contributed by atoms with van der Waals surface area (Å²) < 4.78 is 5.22. The molecule has 5 nitrogen and oxygen atoms in total. The highest BCUT2D eigenvalue weighted by atomic mass is 32.1. The van der Waals surface area contributed by atoms with E-state index in [-0.39, 0.29) is 0 Å². The van der Waals surface area contributed by atoms with E-state index in [2.05, 4.69) is 21.7 Å². The van der Waals surface area contributed by atoms with Crippen LogP contribution >= 0.6 is 11.3 Å². The van der Waals surface area contributed by atoms with E-state index < -0.39 is 0 Å². The van der Waals surface area contributed by atoms with Crippen molar-refractivity contribution in [1.29, 1.82) is 0 Å². The average molecular weight is 340 g/mol. The first-order valence-electron chi connectivity index (χ1n) is 8.60. The van der Waals surface area contributed by atoms with Crippen LogP contribution in [-0.2, 0) is 11.3 Å². The summed E-state index contributed by atoms with van der Waals surface area (Å²) in [5.74, 6) is 0.423. The summed E-state index contributed by atoms with van der Waals surface area (Å²) >= 11 is 1.77. The zero-order valence-corrected chi connectivity index (χ0v) is 15.1. The van der Waals surface area contributed by atoms with Gasteiger partial charge in [0.15, 0.2) is 0 Å². The van der Waals surface area contributed by atoms with Crippen LogP contribution in [0.4, 0.5) is 0 Å². The summed E-state index contributed by atoms with van der Waals surface area (Å²) in [6.07, 6.45) is 2.39. The quantitative estimate of drug-likeness (QED) is 0.853. The van der Waals surface area contributed by atoms with Gasteiger partial charge in [-0.25, -0.2) is 4.98 Å². The molecule has 0 aromatic carbocycles. The third kappa shape index (κ3) is 3.77. The molecule has 1 aromatic heterocycles. The number of thiazole rings is 1. The van der Waals surface area contributed by atoms with E-state index in [1.165, 1.54) is 23.4 Å². The molecule has 2 fully saturated rings. The van der Waals surface area contributed by atoms with Gasteiger partial charge in [0.1, 0.15) is 0 Å². The third-order valence-electron chi connectivity index (χ3n) is 5.78. The number of hydrogen-bond acceptors (Lipinski definition) is 6. The Labute approximate surface area is 143 Å². The van der Waals surface area contributed by atoms with Gasteiger partial charge in [-0.05, 0) is 38.3 Å². The van der Waals surface area contributed by atoms with E-state index in [0.717, 1.165) is 45.9 Å². The highest BCUT2D eigenvalue weighted by Gasteiger charge is 2.47. The van der Waals surface area contributed by atoms with Gasteiger partial charge in [-0.1, -0.05) is 0 Å². The van der Waals surface area contributed by atoms with E-state index in [4.69, 9.17) is 4.74 Å². The molecular formula is C17H29N3O2S. The van der Waals surface area contributed by atoms with Gasteiger partial charge in [-0.2, -0.15) is 0 Å². The van der Waals surface area contributed by atoms with Crippen molar-refractivity contribution in [3.8, 4) is 0 Å². The van der Waals surface area contributed by atoms with Crippen LogP contribution in [0.5, 0.6) is 0 Å². The smallest absolute Gasteiger partial charge is 0.0798 e. The van der Waals surface area contributed by atoms with Crippen molar-refractivity contribution >= 4 is 11.3 Å². The SMILES string of the molecule is COCCN1CC(CO)C2(CCN(Cc3scnc3C)CC2)C1. The summed E-state index contributed by atoms with van der Waals surface area (Å²) in [5.41, 5.74) is 3.43. The van der Waals surface area contributed by atoms with Crippen LogP contribution in [0, 0.1) is 18.3 Å². The first-order valence-corrected chi connectivity index (χ1v) is 9.48. The predicted molar refractivity (Wildman–Crippen MR) is 92.7 cm³/mol. The number of ether oxygens (including phenoxy) is 1. The molecule has 2 aliphatic heterocycles. The van der Waals surface area contributed by atoms with Crippen LogP contribution in [0.15, 0.2) is 5.51 Å². The molecular weight excluding hydrogens is 310 g/mol. The number of hydrogen-bond donors (Lipinski definition) is 1. The Morgan fingerprint density at radius 2 is 2.17 bits per heavy atom. The second-order valence-electron chi connectivity index (χ2n) is 7.11. The summed E-state index contributed by atoms with van der Waals surface area (Å²) in [6.45, 7) is 9.62. The molecule has 1 unspecified atom stereocenters. The summed E-state index contributed by atoms with van der Waals surface area (Å²) in [7, 11) is 1.76. The van der Waals surface area contributed by atoms with Crippen molar-refractivity contribution in [2.75, 3.05) is 53.0 Å². The largest absolute Gasteiger partial charge is 0.396 e. The molecule has 1 aromatic rings. The van der Waals surface area contributed by atoms with E-state index in [1.54, 1.807) is 18.4 Å². The topological polar surface area (TPSA) is 48.8 Å². The average Bonchev–Trinajstić information content (AvgIpc) is 3.12. The first-order chi connectivity index (χ1) is 11.2. The second kappa shape index (κ2) is 7.57. The lowest BCUT2D eigenvalue weighted by Crippen LogP contribution is -2.44. The van der Waals surface area contributed by atoms with Crippen molar-refractivity contribution in [3.05, 3.63) is 16.1 Å². The lowest BCUT2D eigenvalue weighted by molar-refractivity contribution is 0.0480. The predicted octanol–water partition coefficient (Wildman–Crippen LogP) is 1.60. The van der Waals surface area contributed by atoms with Crippen LogP contribution in [0.1, 0.15) is 23.4 Å². The van der Waals surface area contributed by atoms with Crippen molar-refractivity contribution in [1.82, 2.24) is 14.8 Å². The molecule has 0 radical (unpaired) electrons. The molecule has 23 heavy (non-hydrogen) atoms. The number of likely N-dealkylation sites (tertiary alicyclic amines) is 2. The van der Waals surface area contributed by atoms with Gasteiger partial charge in [-0.3, -0.25) is 4.90 Å². The number of aromatic nitrogens is 1. The van der Waals surface area contributed by atoms with Crippen molar-refractivity contribution < 1.29 is 9.84 Å². The second-order valence-corrected chi connectivity index (χ2v) is 8.05. The normalized spacial score (nSPS) is 25.4. The zero-order chi connectivity index (χ0) is 16.3. The van der Waals surface area contributed by atoms with Crippen LogP contribution < -0.4 is 0 Å². The maximum atomic E-state index is 9.86. The summed E-state index contributed by atoms with van der Waals surface area (Å²) in [5, 5.41) is 9.86. The van der Waals surface area contributed by atoms with Gasteiger partial charge in [-0.15, -0.1) is 11.3 Å². The fraction of sp³-hybridized carbons (Fsp3) is 0.824. The molecule has 2 saturated heterocycles. The monoisotopic (exact) mass is 339 g/mol. The molecule has 1 atom stereocenters. The zero-order valence-electron chi connectivity index (χ0n) is 14.3. The van der Waals surface area contributed by atoms with Gasteiger partial charge < -0.3 is 14.7 Å². The summed E-state index contributed by atoms with van der Waals surface area (Å²) in [4.78, 5) is 10.8. The highest BCUT2D eigenvalue weighted by Crippen LogP contribution is 2.44. The van der Waals surface area contributed by atoms with Gasteiger partial charge >= 0.3 is 0 Å². The molecule has 1 spiro atoms. The number of piperidine rings is 1. The minimum absolute atomic E-state index is 0.307. The molecule has 3 heterocycles. The van der Waals surface area contributed by atoms with E-state index in [9.17, 15) is 5.11 Å². The van der Waals surface area contributed by atoms with Crippen LogP contribution in [0.25, 0.3) is 0 Å². The molecule has 0 aliphatic carbocycles. The maximum Gasteiger partial charge on any atom is 0.0798 e. The molecule has 1 N–H and O–H groups in total. The van der Waals surface area contributed by atoms with Crippen molar-refractivity contribution in [3.63, 3.8) is 0 Å². The molecule has 6 heteroatoms. The molecule has 0 bridgehead atoms. The minimum atomic E-state index is 0.307. The fourth-order valence-corrected chi connectivity index (χ4v) is 5.01. The Morgan fingerprint density at radius 3 is 2.78 bits per heavy atom. The molecule has 0 amide bonds. The lowest BCUT2D eigenvalue weighted by atomic mass is 9.71. The fourth-order valence-electron chi connectivity index (χ4n) is 4.19. The summed E-state index contributed by atoms with van der Waals surface area (Å²) in [6, 6.07) is 0. The van der Waals surface area contributed by atoms with E-state index in [0.29, 0.717) is 17.9 Å². The van der Waals surface area contributed by atoms with E-state index in [1.807, 2.05) is 5.51 Å². The van der Waals surface area contributed by atoms with Crippen LogP contribution in [-0.4, -0.2) is 72.9 Å². The number of nitrogens with zero attached hydrogens (tertiary/aromatic N) is 3. The van der Waals surface area contributed by atoms with Gasteiger partial charge in [0.2, 0.25) is 0 Å². The first kappa shape index (κ1) is 17.3. The molecule has 2 aliphatic rings. The van der Waals surface area contributed by atoms with Crippen molar-refractivity contribution in [2.24, 2.45) is 11.3 Å². The highest BCUT2D eigenvalue weighted by molar-refractivity contribution is 7.09. The Balaban J connectivity index is 1.57. The van der Waals surface area contributed by atoms with Crippen LogP contribution in [0.3, 0.4) is 0 Å².